The van der Waals surface area contributed by atoms with E-state index in [1.807, 2.05) is 18.2 Å². The molecule has 0 aliphatic rings. The number of hydrogen-bond acceptors (Lipinski definition) is 5. The molecule has 2 aromatic rings. The third-order valence-corrected chi connectivity index (χ3v) is 2.75. The molecule has 0 saturated carbocycles. The number of benzene rings is 1. The summed E-state index contributed by atoms with van der Waals surface area (Å²) in [5.41, 5.74) is 6.72. The van der Waals surface area contributed by atoms with Crippen LogP contribution in [0.1, 0.15) is 24.2 Å². The molecule has 0 aliphatic carbocycles. The number of nitrogens with zero attached hydrogens (tertiary/aromatic N) is 3. The van der Waals surface area contributed by atoms with Gasteiger partial charge in [-0.25, -0.2) is 0 Å². The van der Waals surface area contributed by atoms with Crippen LogP contribution in [0.5, 0.6) is 0 Å². The van der Waals surface area contributed by atoms with Crippen LogP contribution in [-0.2, 0) is 19.6 Å². The Morgan fingerprint density at radius 2 is 1.95 bits per heavy atom. The maximum atomic E-state index is 5.44. The monoisotopic (exact) mass is 282 g/mol. The Hall–Kier alpha value is -1.43. The Morgan fingerprint density at radius 1 is 1.21 bits per heavy atom. The molecule has 0 atom stereocenters. The van der Waals surface area contributed by atoms with Crippen molar-refractivity contribution < 1.29 is 4.52 Å². The molecule has 2 N–H and O–H groups in total. The molecular formula is C13H19ClN4O. The lowest BCUT2D eigenvalue weighted by atomic mass is 10.2. The lowest BCUT2D eigenvalue weighted by Gasteiger charge is -2.18. The van der Waals surface area contributed by atoms with E-state index in [9.17, 15) is 0 Å². The summed E-state index contributed by atoms with van der Waals surface area (Å²) in [6.07, 6.45) is 0. The summed E-state index contributed by atoms with van der Waals surface area (Å²) < 4.78 is 5.00. The van der Waals surface area contributed by atoms with Gasteiger partial charge < -0.3 is 10.3 Å². The predicted octanol–water partition coefficient (Wildman–Crippen LogP) is 1.97. The quantitative estimate of drug-likeness (QED) is 0.877. The molecular weight excluding hydrogens is 264 g/mol. The average Bonchev–Trinajstić information content (AvgIpc) is 2.87. The molecule has 104 valence electrons. The summed E-state index contributed by atoms with van der Waals surface area (Å²) in [5.74, 6) is 1.17. The van der Waals surface area contributed by atoms with E-state index < -0.39 is 0 Å². The van der Waals surface area contributed by atoms with Crippen molar-refractivity contribution >= 4 is 12.4 Å². The lowest BCUT2D eigenvalue weighted by molar-refractivity contribution is 0.258. The highest BCUT2D eigenvalue weighted by atomic mass is 35.5. The molecule has 0 aliphatic heterocycles. The fourth-order valence-electron chi connectivity index (χ4n) is 1.76. The highest BCUT2D eigenvalue weighted by molar-refractivity contribution is 5.85. The van der Waals surface area contributed by atoms with Crippen molar-refractivity contribution in [2.75, 3.05) is 6.54 Å². The summed E-state index contributed by atoms with van der Waals surface area (Å²) in [6.45, 7) is 4.89. The molecule has 6 heteroatoms. The molecule has 0 unspecified atom stereocenters. The zero-order chi connectivity index (χ0) is 12.8. The molecule has 0 saturated heterocycles. The van der Waals surface area contributed by atoms with E-state index in [1.165, 1.54) is 5.56 Å². The van der Waals surface area contributed by atoms with Crippen molar-refractivity contribution in [3.05, 3.63) is 47.6 Å². The number of hydrogen-bond donors (Lipinski definition) is 1. The van der Waals surface area contributed by atoms with Gasteiger partial charge in [0.25, 0.3) is 0 Å². The first kappa shape index (κ1) is 15.6. The third kappa shape index (κ3) is 4.63. The molecule has 0 fully saturated rings. The van der Waals surface area contributed by atoms with Crippen molar-refractivity contribution in [1.29, 1.82) is 0 Å². The first-order chi connectivity index (χ1) is 8.81. The van der Waals surface area contributed by atoms with Crippen LogP contribution in [0.4, 0.5) is 0 Å². The Labute approximate surface area is 119 Å². The van der Waals surface area contributed by atoms with Crippen LogP contribution < -0.4 is 5.73 Å². The number of rotatable bonds is 6. The van der Waals surface area contributed by atoms with Crippen molar-refractivity contribution in [2.24, 2.45) is 5.73 Å². The average molecular weight is 283 g/mol. The van der Waals surface area contributed by atoms with Gasteiger partial charge >= 0.3 is 0 Å². The normalized spacial score (nSPS) is 10.5. The molecule has 1 aromatic heterocycles. The third-order valence-electron chi connectivity index (χ3n) is 2.75. The van der Waals surface area contributed by atoms with Gasteiger partial charge in [-0.1, -0.05) is 42.4 Å². The molecule has 0 amide bonds. The Morgan fingerprint density at radius 3 is 2.53 bits per heavy atom. The van der Waals surface area contributed by atoms with Crippen molar-refractivity contribution in [3.8, 4) is 0 Å². The summed E-state index contributed by atoms with van der Waals surface area (Å²) in [6, 6.07) is 10.3. The minimum Gasteiger partial charge on any atom is -0.338 e. The summed E-state index contributed by atoms with van der Waals surface area (Å²) >= 11 is 0. The van der Waals surface area contributed by atoms with Gasteiger partial charge in [-0.2, -0.15) is 4.98 Å². The zero-order valence-electron chi connectivity index (χ0n) is 11.0. The van der Waals surface area contributed by atoms with E-state index in [0.29, 0.717) is 18.3 Å². The van der Waals surface area contributed by atoms with Crippen LogP contribution in [0.3, 0.4) is 0 Å². The van der Waals surface area contributed by atoms with Gasteiger partial charge in [0.15, 0.2) is 5.82 Å². The second-order valence-corrected chi connectivity index (χ2v) is 4.10. The SMILES string of the molecule is CCN(Cc1ccccc1)Cc1noc(CN)n1.Cl. The molecule has 5 nitrogen and oxygen atoms in total. The van der Waals surface area contributed by atoms with Gasteiger partial charge in [0.05, 0.1) is 13.1 Å². The van der Waals surface area contributed by atoms with Crippen LogP contribution in [0.2, 0.25) is 0 Å². The smallest absolute Gasteiger partial charge is 0.240 e. The molecule has 2 rings (SSSR count). The maximum Gasteiger partial charge on any atom is 0.240 e. The summed E-state index contributed by atoms with van der Waals surface area (Å²) in [7, 11) is 0. The molecule has 1 heterocycles. The highest BCUT2D eigenvalue weighted by Gasteiger charge is 2.10. The van der Waals surface area contributed by atoms with E-state index in [2.05, 4.69) is 34.1 Å². The van der Waals surface area contributed by atoms with Crippen molar-refractivity contribution in [2.45, 2.75) is 26.6 Å². The van der Waals surface area contributed by atoms with E-state index in [0.717, 1.165) is 13.1 Å². The Bertz CT molecular complexity index is 475. The van der Waals surface area contributed by atoms with E-state index in [1.54, 1.807) is 0 Å². The molecule has 0 radical (unpaired) electrons. The van der Waals surface area contributed by atoms with Gasteiger partial charge in [0.1, 0.15) is 0 Å². The zero-order valence-corrected chi connectivity index (χ0v) is 11.8. The van der Waals surface area contributed by atoms with Gasteiger partial charge in [0, 0.05) is 6.54 Å². The number of halogens is 1. The van der Waals surface area contributed by atoms with E-state index >= 15 is 0 Å². The van der Waals surface area contributed by atoms with Crippen molar-refractivity contribution in [3.63, 3.8) is 0 Å². The van der Waals surface area contributed by atoms with Crippen LogP contribution >= 0.6 is 12.4 Å². The maximum absolute atomic E-state index is 5.44. The van der Waals surface area contributed by atoms with E-state index in [-0.39, 0.29) is 19.0 Å². The van der Waals surface area contributed by atoms with Gasteiger partial charge in [-0.3, -0.25) is 4.90 Å². The number of aromatic nitrogens is 2. The molecule has 1 aromatic carbocycles. The van der Waals surface area contributed by atoms with Crippen LogP contribution in [-0.4, -0.2) is 21.6 Å². The standard InChI is InChI=1S/C13H18N4O.ClH/c1-2-17(9-11-6-4-3-5-7-11)10-12-15-13(8-14)18-16-12;/h3-7H,2,8-10,14H2,1H3;1H. The Balaban J connectivity index is 0.00000180. The lowest BCUT2D eigenvalue weighted by Crippen LogP contribution is -2.23. The molecule has 19 heavy (non-hydrogen) atoms. The van der Waals surface area contributed by atoms with Crippen LogP contribution in [0, 0.1) is 0 Å². The topological polar surface area (TPSA) is 68.2 Å². The van der Waals surface area contributed by atoms with E-state index in [4.69, 9.17) is 10.3 Å². The minimum atomic E-state index is 0. The fraction of sp³-hybridized carbons (Fsp3) is 0.385. The highest BCUT2D eigenvalue weighted by Crippen LogP contribution is 2.07. The Kier molecular flexibility index (Phi) is 6.49. The molecule has 0 spiro atoms. The predicted molar refractivity (Wildman–Crippen MR) is 75.7 cm³/mol. The first-order valence-electron chi connectivity index (χ1n) is 6.09. The van der Waals surface area contributed by atoms with Gasteiger partial charge in [0.2, 0.25) is 5.89 Å². The second kappa shape index (κ2) is 7.89. The van der Waals surface area contributed by atoms with Crippen LogP contribution in [0.15, 0.2) is 34.9 Å². The van der Waals surface area contributed by atoms with Crippen molar-refractivity contribution in [1.82, 2.24) is 15.0 Å². The first-order valence-corrected chi connectivity index (χ1v) is 6.09. The largest absolute Gasteiger partial charge is 0.338 e. The summed E-state index contributed by atoms with van der Waals surface area (Å²) in [4.78, 5) is 6.46. The second-order valence-electron chi connectivity index (χ2n) is 4.10. The summed E-state index contributed by atoms with van der Waals surface area (Å²) in [5, 5.41) is 3.91. The minimum absolute atomic E-state index is 0. The van der Waals surface area contributed by atoms with Crippen LogP contribution in [0.25, 0.3) is 0 Å². The number of nitrogens with two attached hydrogens (primary N) is 1. The van der Waals surface area contributed by atoms with Gasteiger partial charge in [-0.05, 0) is 12.1 Å². The van der Waals surface area contributed by atoms with Gasteiger partial charge in [-0.15, -0.1) is 12.4 Å². The fourth-order valence-corrected chi connectivity index (χ4v) is 1.76. The molecule has 0 bridgehead atoms.